The zero-order valence-corrected chi connectivity index (χ0v) is 27.0. The Morgan fingerprint density at radius 3 is 2.68 bits per heavy atom. The predicted octanol–water partition coefficient (Wildman–Crippen LogP) is 7.20. The Hall–Kier alpha value is -4.84. The highest BCUT2D eigenvalue weighted by Gasteiger charge is 2.27. The number of nitrogens with zero attached hydrogens (tertiary/aromatic N) is 4. The van der Waals surface area contributed by atoms with E-state index in [0.29, 0.717) is 30.2 Å². The van der Waals surface area contributed by atoms with Gasteiger partial charge in [0.2, 0.25) is 6.29 Å². The van der Waals surface area contributed by atoms with Gasteiger partial charge in [-0.3, -0.25) is 9.51 Å². The number of hydrogen-bond donors (Lipinski definition) is 1. The number of imidazole rings is 1. The molecule has 1 N–H and O–H groups in total. The van der Waals surface area contributed by atoms with Crippen LogP contribution in [0.25, 0.3) is 28.0 Å². The van der Waals surface area contributed by atoms with E-state index in [4.69, 9.17) is 30.3 Å². The number of carbonyl (C=O) groups excluding carboxylic acids is 2. The van der Waals surface area contributed by atoms with Gasteiger partial charge >= 0.3 is 17.9 Å². The summed E-state index contributed by atoms with van der Waals surface area (Å²) in [7, 11) is 0. The first-order chi connectivity index (χ1) is 22.8. The number of para-hydroxylation sites is 1. The molecule has 1 aliphatic carbocycles. The van der Waals surface area contributed by atoms with Gasteiger partial charge in [-0.15, -0.1) is 0 Å². The van der Waals surface area contributed by atoms with Crippen LogP contribution in [-0.4, -0.2) is 48.8 Å². The van der Waals surface area contributed by atoms with Crippen molar-refractivity contribution < 1.29 is 28.3 Å². The molecule has 1 unspecified atom stereocenters. The van der Waals surface area contributed by atoms with Gasteiger partial charge in [-0.05, 0) is 68.0 Å². The molecule has 0 spiro atoms. The molecule has 0 aliphatic heterocycles. The summed E-state index contributed by atoms with van der Waals surface area (Å²) in [6.45, 7) is 3.84. The first kappa shape index (κ1) is 32.1. The van der Waals surface area contributed by atoms with Crippen molar-refractivity contribution in [2.24, 2.45) is 0 Å². The lowest BCUT2D eigenvalue weighted by Gasteiger charge is -2.22. The van der Waals surface area contributed by atoms with Crippen LogP contribution < -0.4 is 5.76 Å². The minimum atomic E-state index is -1.19. The summed E-state index contributed by atoms with van der Waals surface area (Å²) in [5, 5.41) is 4.84. The van der Waals surface area contributed by atoms with E-state index < -0.39 is 24.2 Å². The third-order valence-corrected chi connectivity index (χ3v) is 8.52. The van der Waals surface area contributed by atoms with E-state index in [1.165, 1.54) is 6.92 Å². The monoisotopic (exact) mass is 661 g/mol. The van der Waals surface area contributed by atoms with Gasteiger partial charge in [-0.2, -0.15) is 0 Å². The zero-order chi connectivity index (χ0) is 32.9. The quantitative estimate of drug-likeness (QED) is 0.115. The third kappa shape index (κ3) is 7.27. The largest absolute Gasteiger partial charge is 0.511 e. The normalized spacial score (nSPS) is 14.3. The van der Waals surface area contributed by atoms with Gasteiger partial charge in [0, 0.05) is 37.0 Å². The summed E-state index contributed by atoms with van der Waals surface area (Å²) in [5.41, 5.74) is 3.43. The van der Waals surface area contributed by atoms with Crippen molar-refractivity contribution >= 4 is 34.6 Å². The standard InChI is InChI=1S/C34H36ClN5O7/c1-3-4-14-28-36-30(35)29(32(41)44-21(2)45-34(43)46-24-10-6-5-7-11-24)40(28)20-22-15-16-26-23(19-22)17-18-39(26)27-13-9-8-12-25(27)31-37-33(42)47-38-31/h8-9,12-13,15-19,21,24H,3-7,10-11,14,20H2,1-2H3,(H,37,38,42). The Morgan fingerprint density at radius 1 is 1.11 bits per heavy atom. The maximum Gasteiger partial charge on any atom is 0.511 e. The van der Waals surface area contributed by atoms with Gasteiger partial charge in [-0.1, -0.05) is 54.7 Å². The number of rotatable bonds is 11. The van der Waals surface area contributed by atoms with Crippen LogP contribution in [0, 0.1) is 0 Å². The van der Waals surface area contributed by atoms with E-state index in [0.717, 1.165) is 67.1 Å². The van der Waals surface area contributed by atoms with E-state index >= 15 is 0 Å². The van der Waals surface area contributed by atoms with E-state index in [1.807, 2.05) is 59.3 Å². The molecule has 13 heteroatoms. The first-order valence-electron chi connectivity index (χ1n) is 15.9. The number of aryl methyl sites for hydroxylation is 1. The highest BCUT2D eigenvalue weighted by molar-refractivity contribution is 6.32. The van der Waals surface area contributed by atoms with Crippen molar-refractivity contribution in [2.75, 3.05) is 0 Å². The maximum absolute atomic E-state index is 13.4. The summed E-state index contributed by atoms with van der Waals surface area (Å²) in [5.74, 6) is -0.390. The number of esters is 1. The second-order valence-electron chi connectivity index (χ2n) is 11.6. The number of halogens is 1. The third-order valence-electron chi connectivity index (χ3n) is 8.26. The predicted molar refractivity (Wildman–Crippen MR) is 174 cm³/mol. The molecule has 246 valence electrons. The molecule has 1 aliphatic rings. The molecule has 12 nitrogen and oxygen atoms in total. The molecule has 3 heterocycles. The van der Waals surface area contributed by atoms with Crippen LogP contribution in [0.4, 0.5) is 4.79 Å². The molecule has 0 bridgehead atoms. The van der Waals surface area contributed by atoms with Crippen LogP contribution in [0.15, 0.2) is 64.0 Å². The van der Waals surface area contributed by atoms with Gasteiger partial charge in [0.25, 0.3) is 0 Å². The molecule has 47 heavy (non-hydrogen) atoms. The number of aromatic nitrogens is 5. The minimum Gasteiger partial charge on any atom is -0.431 e. The van der Waals surface area contributed by atoms with E-state index in [1.54, 1.807) is 4.57 Å². The number of ether oxygens (including phenoxy) is 3. The van der Waals surface area contributed by atoms with Crippen LogP contribution in [0.1, 0.15) is 80.7 Å². The molecular weight excluding hydrogens is 626 g/mol. The summed E-state index contributed by atoms with van der Waals surface area (Å²) >= 11 is 6.54. The fraction of sp³-hybridized carbons (Fsp3) is 0.382. The molecule has 2 aromatic carbocycles. The number of unbranched alkanes of at least 4 members (excludes halogenated alkanes) is 1. The number of aromatic amines is 1. The summed E-state index contributed by atoms with van der Waals surface area (Å²) in [6, 6.07) is 15.5. The topological polar surface area (TPSA) is 143 Å². The molecule has 0 saturated heterocycles. The first-order valence-corrected chi connectivity index (χ1v) is 16.3. The fourth-order valence-corrected chi connectivity index (χ4v) is 6.26. The van der Waals surface area contributed by atoms with Crippen molar-refractivity contribution in [3.63, 3.8) is 0 Å². The van der Waals surface area contributed by atoms with Crippen molar-refractivity contribution in [2.45, 2.75) is 84.2 Å². The molecule has 0 amide bonds. The molecular formula is C34H36ClN5O7. The lowest BCUT2D eigenvalue weighted by atomic mass is 9.98. The molecule has 1 fully saturated rings. The van der Waals surface area contributed by atoms with Crippen LogP contribution in [0.2, 0.25) is 5.15 Å². The number of benzene rings is 2. The molecule has 0 radical (unpaired) electrons. The highest BCUT2D eigenvalue weighted by Crippen LogP contribution is 2.29. The Labute approximate surface area is 275 Å². The second kappa shape index (κ2) is 14.3. The van der Waals surface area contributed by atoms with Crippen molar-refractivity contribution in [3.05, 3.63) is 87.5 Å². The van der Waals surface area contributed by atoms with Crippen molar-refractivity contribution in [1.29, 1.82) is 0 Å². The SMILES string of the molecule is CCCCc1nc(Cl)c(C(=O)OC(C)OC(=O)OC2CCCCC2)n1Cc1ccc2c(ccn2-c2ccccc2-c2noc(=O)[nH]2)c1. The van der Waals surface area contributed by atoms with Gasteiger partial charge in [-0.25, -0.2) is 19.4 Å². The van der Waals surface area contributed by atoms with E-state index in [9.17, 15) is 14.4 Å². The Bertz CT molecular complexity index is 1930. The van der Waals surface area contributed by atoms with Crippen LogP contribution in [0.5, 0.6) is 0 Å². The number of H-pyrrole nitrogens is 1. The number of nitrogens with one attached hydrogen (secondary N) is 1. The number of carbonyl (C=O) groups is 2. The van der Waals surface area contributed by atoms with Crippen LogP contribution in [-0.2, 0) is 27.2 Å². The zero-order valence-electron chi connectivity index (χ0n) is 26.2. The van der Waals surface area contributed by atoms with Crippen LogP contribution >= 0.6 is 11.6 Å². The average molecular weight is 662 g/mol. The lowest BCUT2D eigenvalue weighted by Crippen LogP contribution is -2.27. The Balaban J connectivity index is 1.23. The molecule has 6 rings (SSSR count). The average Bonchev–Trinajstić information content (AvgIpc) is 3.76. The molecule has 1 atom stereocenters. The van der Waals surface area contributed by atoms with Crippen LogP contribution in [0.3, 0.4) is 0 Å². The minimum absolute atomic E-state index is 0.0211. The number of hydrogen-bond acceptors (Lipinski definition) is 9. The molecule has 1 saturated carbocycles. The van der Waals surface area contributed by atoms with Gasteiger partial charge in [0.05, 0.1) is 11.2 Å². The Morgan fingerprint density at radius 2 is 1.91 bits per heavy atom. The van der Waals surface area contributed by atoms with Crippen molar-refractivity contribution in [1.82, 2.24) is 24.3 Å². The van der Waals surface area contributed by atoms with Gasteiger partial charge < -0.3 is 23.3 Å². The van der Waals surface area contributed by atoms with E-state index in [2.05, 4.69) is 22.0 Å². The molecule has 5 aromatic rings. The maximum atomic E-state index is 13.4. The summed E-state index contributed by atoms with van der Waals surface area (Å²) in [4.78, 5) is 44.5. The van der Waals surface area contributed by atoms with Gasteiger partial charge in [0.15, 0.2) is 16.7 Å². The second-order valence-corrected chi connectivity index (χ2v) is 12.0. The lowest BCUT2D eigenvalue weighted by molar-refractivity contribution is -0.0918. The van der Waals surface area contributed by atoms with Crippen molar-refractivity contribution in [3.8, 4) is 17.1 Å². The fourth-order valence-electron chi connectivity index (χ4n) is 5.98. The smallest absolute Gasteiger partial charge is 0.431 e. The van der Waals surface area contributed by atoms with E-state index in [-0.39, 0.29) is 17.0 Å². The van der Waals surface area contributed by atoms with Gasteiger partial charge in [0.1, 0.15) is 11.9 Å². The highest BCUT2D eigenvalue weighted by atomic mass is 35.5. The molecule has 3 aromatic heterocycles. The summed E-state index contributed by atoms with van der Waals surface area (Å²) < 4.78 is 24.6. The number of fused-ring (bicyclic) bond motifs is 1. The summed E-state index contributed by atoms with van der Waals surface area (Å²) in [6.07, 6.45) is 6.84. The Kier molecular flexibility index (Phi) is 9.76.